The van der Waals surface area contributed by atoms with Gasteiger partial charge < -0.3 is 15.8 Å². The second kappa shape index (κ2) is 8.63. The van der Waals surface area contributed by atoms with Crippen LogP contribution in [0.1, 0.15) is 44.9 Å². The number of nitrogens with zero attached hydrogens (tertiary/aromatic N) is 2. The molecule has 1 rings (SSSR count). The first-order valence-corrected chi connectivity index (χ1v) is 7.04. The van der Waals surface area contributed by atoms with Crippen LogP contribution < -0.4 is 15.8 Å². The molecule has 6 heteroatoms. The van der Waals surface area contributed by atoms with E-state index in [9.17, 15) is 0 Å². The molecule has 0 saturated heterocycles. The minimum atomic E-state index is 0.175. The Morgan fingerprint density at radius 2 is 2.11 bits per heavy atom. The second-order valence-corrected chi connectivity index (χ2v) is 4.80. The fourth-order valence-corrected chi connectivity index (χ4v) is 1.89. The Morgan fingerprint density at radius 3 is 2.74 bits per heavy atom. The molecular formula is C13H22N4OS. The maximum atomic E-state index is 5.42. The van der Waals surface area contributed by atoms with E-state index in [1.54, 1.807) is 13.3 Å². The molecule has 0 aliphatic carbocycles. The van der Waals surface area contributed by atoms with Crippen LogP contribution in [-0.2, 0) is 6.42 Å². The van der Waals surface area contributed by atoms with Gasteiger partial charge in [-0.2, -0.15) is 4.98 Å². The van der Waals surface area contributed by atoms with Gasteiger partial charge in [0.25, 0.3) is 0 Å². The molecule has 0 atom stereocenters. The quantitative estimate of drug-likeness (QED) is 0.564. The van der Waals surface area contributed by atoms with E-state index >= 15 is 0 Å². The number of nitrogens with one attached hydrogen (secondary N) is 1. The van der Waals surface area contributed by atoms with Gasteiger partial charge in [-0.1, -0.05) is 32.6 Å². The van der Waals surface area contributed by atoms with E-state index in [0.29, 0.717) is 11.6 Å². The third-order valence-corrected chi connectivity index (χ3v) is 2.86. The van der Waals surface area contributed by atoms with Crippen molar-refractivity contribution in [3.05, 3.63) is 12.0 Å². The van der Waals surface area contributed by atoms with E-state index in [-0.39, 0.29) is 5.11 Å². The molecule has 0 aromatic carbocycles. The van der Waals surface area contributed by atoms with Crippen LogP contribution in [0.3, 0.4) is 0 Å². The van der Waals surface area contributed by atoms with Crippen molar-refractivity contribution < 1.29 is 4.74 Å². The fourth-order valence-electron chi connectivity index (χ4n) is 1.78. The maximum absolute atomic E-state index is 5.42. The van der Waals surface area contributed by atoms with Gasteiger partial charge >= 0.3 is 0 Å². The van der Waals surface area contributed by atoms with Gasteiger partial charge in [0.1, 0.15) is 11.5 Å². The number of methoxy groups -OCH3 is 1. The smallest absolute Gasteiger partial charge is 0.240 e. The molecule has 5 nitrogen and oxygen atoms in total. The molecule has 1 aromatic heterocycles. The number of ether oxygens (including phenoxy) is 1. The highest BCUT2D eigenvalue weighted by Gasteiger charge is 2.08. The summed E-state index contributed by atoms with van der Waals surface area (Å²) in [6.45, 7) is 2.21. The molecule has 0 fully saturated rings. The van der Waals surface area contributed by atoms with Crippen LogP contribution in [0.4, 0.5) is 5.69 Å². The number of hydrogen-bond acceptors (Lipinski definition) is 4. The largest absolute Gasteiger partial charge is 0.479 e. The first kappa shape index (κ1) is 15.6. The van der Waals surface area contributed by atoms with Gasteiger partial charge in [-0.15, -0.1) is 0 Å². The monoisotopic (exact) mass is 282 g/mol. The summed E-state index contributed by atoms with van der Waals surface area (Å²) in [7, 11) is 1.57. The lowest BCUT2D eigenvalue weighted by molar-refractivity contribution is 0.396. The highest BCUT2D eigenvalue weighted by atomic mass is 32.1. The standard InChI is InChI=1S/C13H22N4OS/c1-3-4-5-6-7-8-11-15-9-10(16-13(14)19)12(17-11)18-2/h9H,3-8H2,1-2H3,(H3,14,16,19). The van der Waals surface area contributed by atoms with Crippen molar-refractivity contribution in [2.75, 3.05) is 12.4 Å². The van der Waals surface area contributed by atoms with Crippen molar-refractivity contribution in [3.8, 4) is 5.88 Å². The predicted octanol–water partition coefficient (Wildman–Crippen LogP) is 2.65. The van der Waals surface area contributed by atoms with Crippen LogP contribution in [0.5, 0.6) is 5.88 Å². The zero-order valence-electron chi connectivity index (χ0n) is 11.6. The van der Waals surface area contributed by atoms with Gasteiger partial charge in [0, 0.05) is 6.42 Å². The Labute approximate surface area is 120 Å². The van der Waals surface area contributed by atoms with Gasteiger partial charge in [0.05, 0.1) is 13.3 Å². The van der Waals surface area contributed by atoms with Gasteiger partial charge in [0.2, 0.25) is 5.88 Å². The summed E-state index contributed by atoms with van der Waals surface area (Å²) in [6.07, 6.45) is 8.66. The molecule has 1 aromatic rings. The fraction of sp³-hybridized carbons (Fsp3) is 0.615. The maximum Gasteiger partial charge on any atom is 0.240 e. The number of unbranched alkanes of at least 4 members (excludes halogenated alkanes) is 4. The van der Waals surface area contributed by atoms with Crippen LogP contribution in [0.2, 0.25) is 0 Å². The molecule has 0 aliphatic rings. The molecule has 0 radical (unpaired) electrons. The zero-order chi connectivity index (χ0) is 14.1. The number of anilines is 1. The van der Waals surface area contributed by atoms with Crippen molar-refractivity contribution in [2.24, 2.45) is 5.73 Å². The topological polar surface area (TPSA) is 73.1 Å². The Kier molecular flexibility index (Phi) is 7.10. The van der Waals surface area contributed by atoms with Crippen LogP contribution >= 0.6 is 12.2 Å². The zero-order valence-corrected chi connectivity index (χ0v) is 12.4. The number of thiocarbonyl (C=S) groups is 1. The van der Waals surface area contributed by atoms with Crippen LogP contribution in [0, 0.1) is 0 Å². The predicted molar refractivity (Wildman–Crippen MR) is 81.5 cm³/mol. The SMILES string of the molecule is CCCCCCCc1ncc(NC(N)=S)c(OC)n1. The Bertz CT molecular complexity index is 412. The van der Waals surface area contributed by atoms with Crippen molar-refractivity contribution in [1.29, 1.82) is 0 Å². The molecule has 0 amide bonds. The van der Waals surface area contributed by atoms with Crippen LogP contribution in [-0.4, -0.2) is 22.2 Å². The third-order valence-electron chi connectivity index (χ3n) is 2.76. The van der Waals surface area contributed by atoms with Crippen molar-refractivity contribution in [1.82, 2.24) is 9.97 Å². The second-order valence-electron chi connectivity index (χ2n) is 4.36. The third kappa shape index (κ3) is 5.83. The Hall–Kier alpha value is -1.43. The number of hydrogen-bond donors (Lipinski definition) is 2. The number of rotatable bonds is 8. The van der Waals surface area contributed by atoms with Crippen LogP contribution in [0.15, 0.2) is 6.20 Å². The molecule has 1 heterocycles. The van der Waals surface area contributed by atoms with Gasteiger partial charge in [-0.25, -0.2) is 4.98 Å². The summed E-state index contributed by atoms with van der Waals surface area (Å²) in [5, 5.41) is 2.97. The van der Waals surface area contributed by atoms with Gasteiger partial charge in [0.15, 0.2) is 5.11 Å². The number of aromatic nitrogens is 2. The van der Waals surface area contributed by atoms with E-state index < -0.39 is 0 Å². The number of aryl methyl sites for hydroxylation is 1. The first-order valence-electron chi connectivity index (χ1n) is 6.63. The molecule has 0 aliphatic heterocycles. The highest BCUT2D eigenvalue weighted by molar-refractivity contribution is 7.80. The first-order chi connectivity index (χ1) is 9.17. The lowest BCUT2D eigenvalue weighted by atomic mass is 10.1. The molecule has 106 valence electrons. The van der Waals surface area contributed by atoms with Crippen LogP contribution in [0.25, 0.3) is 0 Å². The van der Waals surface area contributed by atoms with Crippen molar-refractivity contribution in [2.45, 2.75) is 45.4 Å². The molecular weight excluding hydrogens is 260 g/mol. The summed E-state index contributed by atoms with van der Waals surface area (Å²) in [5.41, 5.74) is 6.02. The van der Waals surface area contributed by atoms with Crippen molar-refractivity contribution in [3.63, 3.8) is 0 Å². The van der Waals surface area contributed by atoms with E-state index in [4.69, 9.17) is 22.7 Å². The van der Waals surface area contributed by atoms with E-state index in [0.717, 1.165) is 18.7 Å². The summed E-state index contributed by atoms with van der Waals surface area (Å²) >= 11 is 4.78. The van der Waals surface area contributed by atoms with Gasteiger partial charge in [-0.05, 0) is 18.6 Å². The lowest BCUT2D eigenvalue weighted by Gasteiger charge is -2.09. The molecule has 19 heavy (non-hydrogen) atoms. The minimum Gasteiger partial charge on any atom is -0.479 e. The molecule has 3 N–H and O–H groups in total. The van der Waals surface area contributed by atoms with Crippen molar-refractivity contribution >= 4 is 23.0 Å². The Morgan fingerprint density at radius 1 is 1.37 bits per heavy atom. The highest BCUT2D eigenvalue weighted by Crippen LogP contribution is 2.20. The molecule has 0 saturated carbocycles. The summed E-state index contributed by atoms with van der Waals surface area (Å²) in [5.74, 6) is 1.27. The van der Waals surface area contributed by atoms with E-state index in [2.05, 4.69) is 22.2 Å². The minimum absolute atomic E-state index is 0.175. The summed E-state index contributed by atoms with van der Waals surface area (Å²) in [4.78, 5) is 8.64. The molecule has 0 spiro atoms. The number of nitrogens with two attached hydrogens (primary N) is 1. The summed E-state index contributed by atoms with van der Waals surface area (Å²) in [6, 6.07) is 0. The average Bonchev–Trinajstić information content (AvgIpc) is 2.39. The van der Waals surface area contributed by atoms with E-state index in [1.165, 1.54) is 25.7 Å². The lowest BCUT2D eigenvalue weighted by Crippen LogP contribution is -2.20. The summed E-state index contributed by atoms with van der Waals surface area (Å²) < 4.78 is 5.20. The molecule has 0 unspecified atom stereocenters. The van der Waals surface area contributed by atoms with E-state index in [1.807, 2.05) is 0 Å². The normalized spacial score (nSPS) is 10.2. The molecule has 0 bridgehead atoms. The van der Waals surface area contributed by atoms with Gasteiger partial charge in [-0.3, -0.25) is 0 Å². The average molecular weight is 282 g/mol. The Balaban J connectivity index is 2.53.